The highest BCUT2D eigenvalue weighted by Gasteiger charge is 2.16. The Balaban J connectivity index is 1.47. The van der Waals surface area contributed by atoms with Gasteiger partial charge in [-0.05, 0) is 89.1 Å². The first-order valence-electron chi connectivity index (χ1n) is 9.64. The minimum Gasteiger partial charge on any atom is -0.366 e. The maximum Gasteiger partial charge on any atom is 0.0893 e. The zero-order valence-electron chi connectivity index (χ0n) is 15.2. The molecule has 3 heteroatoms. The maximum absolute atomic E-state index is 4.60. The smallest absolute Gasteiger partial charge is 0.0893 e. The van der Waals surface area contributed by atoms with E-state index in [4.69, 9.17) is 0 Å². The Morgan fingerprint density at radius 2 is 1.96 bits per heavy atom. The second-order valence-corrected chi connectivity index (χ2v) is 8.18. The Hall–Kier alpha value is -2.65. The molecule has 0 fully saturated rings. The minimum atomic E-state index is 0.171. The van der Waals surface area contributed by atoms with Crippen LogP contribution in [-0.2, 0) is 0 Å². The monoisotopic (exact) mass is 370 g/mol. The number of thiophene rings is 1. The van der Waals surface area contributed by atoms with Gasteiger partial charge in [0.15, 0.2) is 0 Å². The van der Waals surface area contributed by atoms with E-state index < -0.39 is 0 Å². The summed E-state index contributed by atoms with van der Waals surface area (Å²) in [5.74, 6) is 0. The fraction of sp³-hybridized carbons (Fsp3) is 0.208. The highest BCUT2D eigenvalue weighted by Crippen LogP contribution is 2.32. The average Bonchev–Trinajstić information content (AvgIpc) is 3.22. The topological polar surface area (TPSA) is 24.4 Å². The number of hydrogen-bond donors (Lipinski definition) is 1. The number of benzene rings is 2. The van der Waals surface area contributed by atoms with Crippen molar-refractivity contribution in [3.63, 3.8) is 0 Å². The van der Waals surface area contributed by atoms with Crippen LogP contribution in [0, 0.1) is 0 Å². The number of rotatable bonds is 3. The van der Waals surface area contributed by atoms with E-state index in [0.29, 0.717) is 0 Å². The lowest BCUT2D eigenvalue weighted by molar-refractivity contribution is 0.697. The largest absolute Gasteiger partial charge is 0.366 e. The number of nitrogens with one attached hydrogen (secondary N) is 1. The van der Waals surface area contributed by atoms with Gasteiger partial charge in [-0.1, -0.05) is 30.3 Å². The van der Waals surface area contributed by atoms with Crippen molar-refractivity contribution in [2.24, 2.45) is 4.99 Å². The molecule has 1 aliphatic carbocycles. The van der Waals surface area contributed by atoms with Crippen LogP contribution < -0.4 is 5.32 Å². The third-order valence-corrected chi connectivity index (χ3v) is 6.33. The van der Waals surface area contributed by atoms with Gasteiger partial charge in [0.2, 0.25) is 0 Å². The van der Waals surface area contributed by atoms with E-state index in [9.17, 15) is 0 Å². The van der Waals surface area contributed by atoms with Crippen LogP contribution in [0.5, 0.6) is 0 Å². The summed E-state index contributed by atoms with van der Waals surface area (Å²) in [6.07, 6.45) is 11.4. The van der Waals surface area contributed by atoms with Gasteiger partial charge in [0, 0.05) is 4.70 Å². The second-order valence-electron chi connectivity index (χ2n) is 7.23. The molecule has 2 aromatic carbocycles. The lowest BCUT2D eigenvalue weighted by Gasteiger charge is -2.22. The molecular weight excluding hydrogens is 348 g/mol. The van der Waals surface area contributed by atoms with Crippen molar-refractivity contribution in [3.8, 4) is 11.1 Å². The Bertz CT molecular complexity index is 1070. The van der Waals surface area contributed by atoms with Crippen molar-refractivity contribution >= 4 is 27.8 Å². The number of nitrogens with zero attached hydrogens (tertiary/aromatic N) is 1. The lowest BCUT2D eigenvalue weighted by Crippen LogP contribution is -2.21. The molecule has 1 aliphatic heterocycles. The van der Waals surface area contributed by atoms with Crippen LogP contribution in [0.1, 0.15) is 37.3 Å². The first kappa shape index (κ1) is 16.5. The normalized spacial score (nSPS) is 19.5. The summed E-state index contributed by atoms with van der Waals surface area (Å²) in [6.45, 7) is 0. The molecule has 2 heterocycles. The molecule has 0 amide bonds. The van der Waals surface area contributed by atoms with Gasteiger partial charge in [0.05, 0.1) is 18.1 Å². The lowest BCUT2D eigenvalue weighted by atomic mass is 9.94. The van der Waals surface area contributed by atoms with Crippen molar-refractivity contribution in [1.82, 2.24) is 5.32 Å². The molecule has 0 bridgehead atoms. The predicted octanol–water partition coefficient (Wildman–Crippen LogP) is 6.63. The summed E-state index contributed by atoms with van der Waals surface area (Å²) >= 11 is 1.79. The van der Waals surface area contributed by atoms with E-state index in [2.05, 4.69) is 76.4 Å². The number of aliphatic imine (C=N–C) groups is 1. The van der Waals surface area contributed by atoms with Gasteiger partial charge in [-0.3, -0.25) is 0 Å². The number of allylic oxidation sites excluding steroid dienone is 2. The van der Waals surface area contributed by atoms with Crippen LogP contribution >= 0.6 is 11.3 Å². The van der Waals surface area contributed by atoms with E-state index >= 15 is 0 Å². The standard InChI is InChI=1S/C24H22N2S/c1-2-5-17(6-3-1)22-15-23(26-16-25-22)20-8-4-7-18(13-20)19-9-10-24-21(14-19)11-12-27-24/h4-5,7-16,23H,1-3,6H2,(H,25,26). The summed E-state index contributed by atoms with van der Waals surface area (Å²) in [6, 6.07) is 18.0. The molecule has 0 saturated heterocycles. The summed E-state index contributed by atoms with van der Waals surface area (Å²) in [7, 11) is 0. The van der Waals surface area contributed by atoms with Crippen molar-refractivity contribution < 1.29 is 0 Å². The van der Waals surface area contributed by atoms with Crippen LogP contribution in [-0.4, -0.2) is 6.34 Å². The van der Waals surface area contributed by atoms with Gasteiger partial charge < -0.3 is 5.32 Å². The van der Waals surface area contributed by atoms with Crippen LogP contribution in [0.25, 0.3) is 21.2 Å². The fourth-order valence-electron chi connectivity index (χ4n) is 3.95. The molecule has 1 atom stereocenters. The van der Waals surface area contributed by atoms with Crippen molar-refractivity contribution in [2.45, 2.75) is 31.7 Å². The van der Waals surface area contributed by atoms with Gasteiger partial charge in [-0.25, -0.2) is 4.99 Å². The first-order chi connectivity index (χ1) is 13.4. The second kappa shape index (κ2) is 7.16. The SMILES string of the molecule is C1=NC(C2=CCCCC2)=CC(c2cccc(-c3ccc4sccc4c3)c2)N1. The van der Waals surface area contributed by atoms with Crippen molar-refractivity contribution in [3.05, 3.63) is 82.9 Å². The van der Waals surface area contributed by atoms with E-state index in [0.717, 1.165) is 12.1 Å². The number of fused-ring (bicyclic) bond motifs is 1. The van der Waals surface area contributed by atoms with Crippen molar-refractivity contribution in [2.75, 3.05) is 0 Å². The number of hydrogen-bond acceptors (Lipinski definition) is 3. The summed E-state index contributed by atoms with van der Waals surface area (Å²) in [4.78, 5) is 4.60. The summed E-state index contributed by atoms with van der Waals surface area (Å²) in [5, 5.41) is 6.89. The maximum atomic E-state index is 4.60. The van der Waals surface area contributed by atoms with E-state index in [1.165, 1.54) is 51.6 Å². The van der Waals surface area contributed by atoms with Gasteiger partial charge in [0.25, 0.3) is 0 Å². The van der Waals surface area contributed by atoms with Crippen LogP contribution in [0.2, 0.25) is 0 Å². The highest BCUT2D eigenvalue weighted by atomic mass is 32.1. The highest BCUT2D eigenvalue weighted by molar-refractivity contribution is 7.17. The van der Waals surface area contributed by atoms with Crippen LogP contribution in [0.15, 0.2) is 82.3 Å². The van der Waals surface area contributed by atoms with Crippen LogP contribution in [0.4, 0.5) is 0 Å². The van der Waals surface area contributed by atoms with Crippen LogP contribution in [0.3, 0.4) is 0 Å². The molecular formula is C24H22N2S. The van der Waals surface area contributed by atoms with Gasteiger partial charge >= 0.3 is 0 Å². The van der Waals surface area contributed by atoms with E-state index in [1.54, 1.807) is 11.3 Å². The summed E-state index contributed by atoms with van der Waals surface area (Å²) < 4.78 is 1.34. The zero-order chi connectivity index (χ0) is 18.1. The predicted molar refractivity (Wildman–Crippen MR) is 116 cm³/mol. The molecule has 2 aliphatic rings. The Kier molecular flexibility index (Phi) is 4.38. The van der Waals surface area contributed by atoms with Gasteiger partial charge in [-0.2, -0.15) is 0 Å². The first-order valence-corrected chi connectivity index (χ1v) is 10.5. The third-order valence-electron chi connectivity index (χ3n) is 5.43. The fourth-order valence-corrected chi connectivity index (χ4v) is 4.72. The van der Waals surface area contributed by atoms with E-state index in [1.807, 2.05) is 6.34 Å². The van der Waals surface area contributed by atoms with Crippen molar-refractivity contribution in [1.29, 1.82) is 0 Å². The molecule has 27 heavy (non-hydrogen) atoms. The summed E-state index contributed by atoms with van der Waals surface area (Å²) in [5.41, 5.74) is 6.35. The van der Waals surface area contributed by atoms with Gasteiger partial charge in [0.1, 0.15) is 0 Å². The molecule has 1 aromatic heterocycles. The van der Waals surface area contributed by atoms with Gasteiger partial charge in [-0.15, -0.1) is 11.3 Å². The molecule has 0 saturated carbocycles. The molecule has 0 radical (unpaired) electrons. The molecule has 3 aromatic rings. The molecule has 1 unspecified atom stereocenters. The molecule has 5 rings (SSSR count). The molecule has 1 N–H and O–H groups in total. The Morgan fingerprint density at radius 3 is 2.89 bits per heavy atom. The quantitative estimate of drug-likeness (QED) is 0.550. The molecule has 0 spiro atoms. The minimum absolute atomic E-state index is 0.171. The Labute approximate surface area is 164 Å². The zero-order valence-corrected chi connectivity index (χ0v) is 16.0. The Morgan fingerprint density at radius 1 is 1.00 bits per heavy atom. The molecule has 2 nitrogen and oxygen atoms in total. The van der Waals surface area contributed by atoms with E-state index in [-0.39, 0.29) is 6.04 Å². The average molecular weight is 371 g/mol. The molecule has 134 valence electrons. The third kappa shape index (κ3) is 3.35.